The Kier molecular flexibility index (Phi) is 3.85. The van der Waals surface area contributed by atoms with Gasteiger partial charge in [-0.25, -0.2) is 19.6 Å². The zero-order chi connectivity index (χ0) is 13.8. The lowest BCUT2D eigenvalue weighted by Crippen LogP contribution is -2.15. The molecule has 0 unspecified atom stereocenters. The number of nitrogens with one attached hydrogen (secondary N) is 2. The van der Waals surface area contributed by atoms with Crippen LogP contribution in [0.5, 0.6) is 0 Å². The Morgan fingerprint density at radius 1 is 1.32 bits per heavy atom. The van der Waals surface area contributed by atoms with Crippen LogP contribution < -0.4 is 16.6 Å². The summed E-state index contributed by atoms with van der Waals surface area (Å²) in [5, 5.41) is 10.4. The van der Waals surface area contributed by atoms with Crippen molar-refractivity contribution in [3.8, 4) is 0 Å². The third kappa shape index (κ3) is 2.94. The van der Waals surface area contributed by atoms with Crippen LogP contribution in [-0.2, 0) is 13.5 Å². The summed E-state index contributed by atoms with van der Waals surface area (Å²) in [6.45, 7) is 0.381. The van der Waals surface area contributed by atoms with Crippen molar-refractivity contribution in [3.05, 3.63) is 29.9 Å². The Bertz CT molecular complexity index is 569. The molecule has 102 valence electrons. The van der Waals surface area contributed by atoms with Crippen LogP contribution in [0.3, 0.4) is 0 Å². The van der Waals surface area contributed by atoms with Crippen molar-refractivity contribution < 1.29 is 8.78 Å². The fourth-order valence-corrected chi connectivity index (χ4v) is 1.52. The van der Waals surface area contributed by atoms with E-state index in [1.807, 2.05) is 7.05 Å². The average molecular weight is 269 g/mol. The lowest BCUT2D eigenvalue weighted by molar-refractivity contribution is 0.578. The fourth-order valence-electron chi connectivity index (χ4n) is 1.52. The summed E-state index contributed by atoms with van der Waals surface area (Å²) in [6.07, 6.45) is 2.10. The number of nitrogen functional groups attached to an aromatic ring is 1. The molecule has 0 fully saturated rings. The van der Waals surface area contributed by atoms with Gasteiger partial charge in [-0.05, 0) is 0 Å². The van der Waals surface area contributed by atoms with Crippen molar-refractivity contribution in [2.45, 2.75) is 6.42 Å². The fraction of sp³-hybridized carbons (Fsp3) is 0.300. The lowest BCUT2D eigenvalue weighted by Gasteiger charge is -2.09. The third-order valence-electron chi connectivity index (χ3n) is 2.51. The van der Waals surface area contributed by atoms with E-state index in [0.717, 1.165) is 5.82 Å². The van der Waals surface area contributed by atoms with Gasteiger partial charge >= 0.3 is 0 Å². The molecule has 0 radical (unpaired) electrons. The zero-order valence-electron chi connectivity index (χ0n) is 10.2. The van der Waals surface area contributed by atoms with Crippen LogP contribution in [-0.4, -0.2) is 26.3 Å². The van der Waals surface area contributed by atoms with Gasteiger partial charge in [-0.3, -0.25) is 0 Å². The predicted molar refractivity (Wildman–Crippen MR) is 65.2 cm³/mol. The van der Waals surface area contributed by atoms with Crippen LogP contribution in [0.2, 0.25) is 0 Å². The first kappa shape index (κ1) is 13.1. The van der Waals surface area contributed by atoms with E-state index in [-0.39, 0.29) is 11.6 Å². The minimum Gasteiger partial charge on any atom is -0.367 e. The van der Waals surface area contributed by atoms with E-state index < -0.39 is 11.6 Å². The smallest absolute Gasteiger partial charge is 0.178 e. The van der Waals surface area contributed by atoms with Gasteiger partial charge in [-0.2, -0.15) is 0 Å². The number of hydrazine groups is 1. The second kappa shape index (κ2) is 5.57. The number of aromatic nitrogens is 4. The van der Waals surface area contributed by atoms with Crippen molar-refractivity contribution in [1.29, 1.82) is 0 Å². The Hall–Kier alpha value is -2.29. The molecule has 2 aromatic rings. The van der Waals surface area contributed by atoms with Crippen molar-refractivity contribution in [2.75, 3.05) is 17.3 Å². The summed E-state index contributed by atoms with van der Waals surface area (Å²) in [5.74, 6) is 3.89. The normalized spacial score (nSPS) is 10.5. The molecule has 0 aliphatic heterocycles. The Labute approximate surface area is 107 Å². The second-order valence-electron chi connectivity index (χ2n) is 3.83. The topological polar surface area (TPSA) is 93.7 Å². The molecule has 7 nitrogen and oxygen atoms in total. The van der Waals surface area contributed by atoms with Gasteiger partial charge in [0.1, 0.15) is 12.2 Å². The number of pyridine rings is 1. The highest BCUT2D eigenvalue weighted by Gasteiger charge is 2.11. The van der Waals surface area contributed by atoms with E-state index in [1.165, 1.54) is 0 Å². The molecule has 4 N–H and O–H groups in total. The molecule has 0 bridgehead atoms. The van der Waals surface area contributed by atoms with Crippen molar-refractivity contribution in [3.63, 3.8) is 0 Å². The monoisotopic (exact) mass is 269 g/mol. The molecule has 2 rings (SSSR count). The molecule has 2 heterocycles. The van der Waals surface area contributed by atoms with Crippen LogP contribution in [0, 0.1) is 11.6 Å². The first-order valence-electron chi connectivity index (χ1n) is 5.51. The Morgan fingerprint density at radius 3 is 2.68 bits per heavy atom. The van der Waals surface area contributed by atoms with Gasteiger partial charge in [0.15, 0.2) is 23.3 Å². The highest BCUT2D eigenvalue weighted by atomic mass is 19.1. The summed E-state index contributed by atoms with van der Waals surface area (Å²) in [4.78, 5) is 3.69. The first-order valence-corrected chi connectivity index (χ1v) is 5.51. The summed E-state index contributed by atoms with van der Waals surface area (Å²) >= 11 is 0. The van der Waals surface area contributed by atoms with Gasteiger partial charge in [-0.1, -0.05) is 0 Å². The number of nitrogens with two attached hydrogens (primary N) is 1. The van der Waals surface area contributed by atoms with Gasteiger partial charge < -0.3 is 15.3 Å². The van der Waals surface area contributed by atoms with E-state index >= 15 is 0 Å². The minimum atomic E-state index is -0.848. The summed E-state index contributed by atoms with van der Waals surface area (Å²) in [5.41, 5.74) is 2.06. The average Bonchev–Trinajstić information content (AvgIpc) is 2.78. The van der Waals surface area contributed by atoms with E-state index in [1.54, 1.807) is 10.9 Å². The maximum absolute atomic E-state index is 13.4. The molecule has 0 saturated heterocycles. The predicted octanol–water partition coefficient (Wildman–Crippen LogP) is 0.428. The van der Waals surface area contributed by atoms with Crippen LogP contribution >= 0.6 is 0 Å². The molecule has 2 aromatic heterocycles. The van der Waals surface area contributed by atoms with Gasteiger partial charge in [0.05, 0.1) is 0 Å². The highest BCUT2D eigenvalue weighted by Crippen LogP contribution is 2.17. The van der Waals surface area contributed by atoms with Crippen LogP contribution in [0.25, 0.3) is 0 Å². The highest BCUT2D eigenvalue weighted by molar-refractivity contribution is 5.46. The van der Waals surface area contributed by atoms with Crippen LogP contribution in [0.15, 0.2) is 12.4 Å². The van der Waals surface area contributed by atoms with Gasteiger partial charge in [-0.15, -0.1) is 10.2 Å². The third-order valence-corrected chi connectivity index (χ3v) is 2.51. The van der Waals surface area contributed by atoms with Crippen molar-refractivity contribution >= 4 is 11.6 Å². The van der Waals surface area contributed by atoms with Crippen molar-refractivity contribution in [1.82, 2.24) is 19.7 Å². The van der Waals surface area contributed by atoms with Gasteiger partial charge in [0.25, 0.3) is 0 Å². The number of nitrogens with zero attached hydrogens (tertiary/aromatic N) is 4. The number of aryl methyl sites for hydroxylation is 1. The molecule has 0 spiro atoms. The summed E-state index contributed by atoms with van der Waals surface area (Å²) in [7, 11) is 1.81. The Balaban J connectivity index is 2.01. The van der Waals surface area contributed by atoms with E-state index in [2.05, 4.69) is 25.9 Å². The molecule has 0 saturated carbocycles. The second-order valence-corrected chi connectivity index (χ2v) is 3.83. The first-order chi connectivity index (χ1) is 9.11. The van der Waals surface area contributed by atoms with E-state index in [0.29, 0.717) is 19.0 Å². The SMILES string of the molecule is Cn1cnnc1CCNc1nc(NN)c(F)cc1F. The minimum absolute atomic E-state index is 0.0727. The molecular weight excluding hydrogens is 256 g/mol. The van der Waals surface area contributed by atoms with Crippen LogP contribution in [0.4, 0.5) is 20.4 Å². The van der Waals surface area contributed by atoms with Gasteiger partial charge in [0, 0.05) is 26.1 Å². The maximum atomic E-state index is 13.4. The number of halogens is 2. The molecule has 0 amide bonds. The van der Waals surface area contributed by atoms with E-state index in [9.17, 15) is 8.78 Å². The standard InChI is InChI=1S/C10H13F2N7/c1-19-5-15-18-8(19)2-3-14-9-6(11)4-7(12)10(16-9)17-13/h4-5H,2-3,13H2,1H3,(H2,14,16,17). The maximum Gasteiger partial charge on any atom is 0.178 e. The summed E-state index contributed by atoms with van der Waals surface area (Å²) < 4.78 is 28.3. The number of rotatable bonds is 5. The zero-order valence-corrected chi connectivity index (χ0v) is 10.2. The number of anilines is 2. The summed E-state index contributed by atoms with van der Waals surface area (Å²) in [6, 6.07) is 0.715. The molecule has 0 aliphatic rings. The largest absolute Gasteiger partial charge is 0.367 e. The van der Waals surface area contributed by atoms with E-state index in [4.69, 9.17) is 5.84 Å². The quantitative estimate of drug-likeness (QED) is 0.538. The van der Waals surface area contributed by atoms with Crippen molar-refractivity contribution in [2.24, 2.45) is 12.9 Å². The molecule has 0 aliphatic carbocycles. The molecule has 9 heteroatoms. The van der Waals surface area contributed by atoms with Crippen LogP contribution in [0.1, 0.15) is 5.82 Å². The number of hydrogen-bond acceptors (Lipinski definition) is 6. The lowest BCUT2D eigenvalue weighted by atomic mass is 10.3. The number of hydrogen-bond donors (Lipinski definition) is 3. The molecule has 0 atom stereocenters. The Morgan fingerprint density at radius 2 is 2.05 bits per heavy atom. The molecular formula is C10H13F2N7. The van der Waals surface area contributed by atoms with Gasteiger partial charge in [0.2, 0.25) is 0 Å². The molecule has 19 heavy (non-hydrogen) atoms. The molecule has 0 aromatic carbocycles.